The van der Waals surface area contributed by atoms with Gasteiger partial charge < -0.3 is 14.8 Å². The summed E-state index contributed by atoms with van der Waals surface area (Å²) in [7, 11) is 0. The third-order valence-electron chi connectivity index (χ3n) is 16.5. The molecule has 13 rings (SSSR count). The van der Waals surface area contributed by atoms with Crippen LogP contribution in [0.3, 0.4) is 0 Å². The number of para-hydroxylation sites is 4. The average molecular weight is 974 g/mol. The van der Waals surface area contributed by atoms with Gasteiger partial charge in [-0.25, -0.2) is 0 Å². The first-order chi connectivity index (χ1) is 36.3. The summed E-state index contributed by atoms with van der Waals surface area (Å²) in [6, 6.07) is 65.8. The number of terminal acetylenes is 1. The van der Waals surface area contributed by atoms with Crippen LogP contribution < -0.4 is 10.2 Å². The Balaban J connectivity index is 0.000000621. The van der Waals surface area contributed by atoms with Gasteiger partial charge in [-0.3, -0.25) is 0 Å². The molecule has 0 saturated heterocycles. The Morgan fingerprint density at radius 3 is 1.71 bits per heavy atom. The summed E-state index contributed by atoms with van der Waals surface area (Å²) >= 11 is 0. The van der Waals surface area contributed by atoms with Crippen molar-refractivity contribution < 1.29 is 0 Å². The number of anilines is 4. The van der Waals surface area contributed by atoms with Crippen molar-refractivity contribution in [3.05, 3.63) is 262 Å². The Bertz CT molecular complexity index is 3770. The molecule has 0 amide bonds. The van der Waals surface area contributed by atoms with E-state index in [4.69, 9.17) is 0 Å². The van der Waals surface area contributed by atoms with Crippen LogP contribution >= 0.6 is 0 Å². The van der Waals surface area contributed by atoms with E-state index in [1.165, 1.54) is 100.0 Å². The van der Waals surface area contributed by atoms with Crippen molar-refractivity contribution in [1.29, 1.82) is 0 Å². The van der Waals surface area contributed by atoms with Crippen molar-refractivity contribution in [3.8, 4) is 29.7 Å². The van der Waals surface area contributed by atoms with Crippen molar-refractivity contribution >= 4 is 50.1 Å². The molecule has 0 radical (unpaired) electrons. The molecule has 0 bridgehead atoms. The van der Waals surface area contributed by atoms with Gasteiger partial charge in [0, 0.05) is 55.7 Å². The molecule has 3 nitrogen and oxygen atoms in total. The Morgan fingerprint density at radius 1 is 0.547 bits per heavy atom. The minimum absolute atomic E-state index is 0.0650. The highest BCUT2D eigenvalue weighted by Gasteiger charge is 2.44. The standard InChI is InChI=1S/C63H53N3.C7H12.C2H2/c1-61(2)51-26-17-16-25-46(51)47-31-29-40(35-54(47)61)48-33-39(30-32-57(48)64-42-19-10-7-11-20-42)41-34-49-50-37-45(65(43-21-12-8-13-22-43)44-23-14-9-15-24-44)38-56-59(50)66-58(49)55(36-41)62(3,4)52-27-18-28-53(60(52)66)63(56,5)6;1-4-5-6-7(2)3;1-2/h7-38,48,57,64H,1-6H3;4-6H,1-3H3;1-2H/b;5-4-;. The summed E-state index contributed by atoms with van der Waals surface area (Å²) in [6.07, 6.45) is 21.5. The lowest BCUT2D eigenvalue weighted by Gasteiger charge is -2.42. The van der Waals surface area contributed by atoms with Crippen LogP contribution in [0.2, 0.25) is 0 Å². The summed E-state index contributed by atoms with van der Waals surface area (Å²) in [6.45, 7) is 20.7. The zero-order valence-corrected chi connectivity index (χ0v) is 44.9. The normalized spacial score (nSPS) is 17.2. The molecule has 0 spiro atoms. The van der Waals surface area contributed by atoms with Crippen LogP contribution in [0, 0.1) is 12.8 Å². The zero-order valence-electron chi connectivity index (χ0n) is 44.9. The number of rotatable bonds is 8. The van der Waals surface area contributed by atoms with Crippen LogP contribution in [-0.4, -0.2) is 10.6 Å². The first kappa shape index (κ1) is 48.9. The fourth-order valence-electron chi connectivity index (χ4n) is 12.7. The molecule has 0 fully saturated rings. The third-order valence-corrected chi connectivity index (χ3v) is 16.5. The zero-order chi connectivity index (χ0) is 52.4. The fourth-order valence-corrected chi connectivity index (χ4v) is 12.7. The van der Waals surface area contributed by atoms with Gasteiger partial charge in [-0.2, -0.15) is 0 Å². The molecule has 2 aliphatic carbocycles. The van der Waals surface area contributed by atoms with E-state index in [0.717, 1.165) is 17.1 Å². The lowest BCUT2D eigenvalue weighted by Crippen LogP contribution is -2.33. The first-order valence-electron chi connectivity index (χ1n) is 26.5. The number of nitrogens with zero attached hydrogens (tertiary/aromatic N) is 2. The monoisotopic (exact) mass is 974 g/mol. The van der Waals surface area contributed by atoms with E-state index in [2.05, 4.69) is 283 Å². The molecule has 3 heteroatoms. The minimum Gasteiger partial charge on any atom is -0.378 e. The third kappa shape index (κ3) is 7.98. The summed E-state index contributed by atoms with van der Waals surface area (Å²) in [5, 5.41) is 6.55. The molecule has 75 heavy (non-hydrogen) atoms. The highest BCUT2D eigenvalue weighted by atomic mass is 15.1. The number of aromatic nitrogens is 1. The highest BCUT2D eigenvalue weighted by Crippen LogP contribution is 2.57. The van der Waals surface area contributed by atoms with E-state index in [1.807, 2.05) is 19.1 Å². The van der Waals surface area contributed by atoms with Gasteiger partial charge in [-0.1, -0.05) is 199 Å². The summed E-state index contributed by atoms with van der Waals surface area (Å²) in [5.41, 5.74) is 24.2. The van der Waals surface area contributed by atoms with Crippen LogP contribution in [0.15, 0.2) is 218 Å². The molecule has 0 saturated carbocycles. The lowest BCUT2D eigenvalue weighted by molar-refractivity contribution is 0.593. The Morgan fingerprint density at radius 2 is 1.09 bits per heavy atom. The Kier molecular flexibility index (Phi) is 12.3. The molecule has 1 N–H and O–H groups in total. The molecule has 2 unspecified atom stereocenters. The second-order valence-corrected chi connectivity index (χ2v) is 22.4. The SMILES string of the molecule is C#C.C/C=C\C=C(C)C.CC1(C)c2ccccc2-c2ccc(C3C=C(c4cc5c6c(c4)c4cc(N(c7ccccc7)c7ccccc7)cc7c4n6-c4c(cccc4C7(C)C)C5(C)C)C=CC3Nc3ccccc3)cc21. The topological polar surface area (TPSA) is 20.2 Å². The number of nitrogens with one attached hydrogen (secondary N) is 1. The van der Waals surface area contributed by atoms with Gasteiger partial charge in [0.25, 0.3) is 0 Å². The van der Waals surface area contributed by atoms with E-state index >= 15 is 0 Å². The van der Waals surface area contributed by atoms with Crippen molar-refractivity contribution in [2.75, 3.05) is 10.2 Å². The number of benzene rings is 8. The lowest BCUT2D eigenvalue weighted by atomic mass is 9.68. The molecule has 370 valence electrons. The molecule has 9 aromatic rings. The Hall–Kier alpha value is -8.32. The molecule has 4 aliphatic rings. The van der Waals surface area contributed by atoms with Crippen LogP contribution in [0.4, 0.5) is 22.7 Å². The molecule has 1 aromatic heterocycles. The molecular formula is C72H67N3. The van der Waals surface area contributed by atoms with Crippen LogP contribution in [0.1, 0.15) is 113 Å². The van der Waals surface area contributed by atoms with Crippen LogP contribution in [-0.2, 0) is 16.2 Å². The second kappa shape index (κ2) is 18.9. The number of hydrogen-bond donors (Lipinski definition) is 1. The predicted octanol–water partition coefficient (Wildman–Crippen LogP) is 18.8. The average Bonchev–Trinajstić information content (AvgIpc) is 3.91. The van der Waals surface area contributed by atoms with E-state index < -0.39 is 0 Å². The van der Waals surface area contributed by atoms with Crippen LogP contribution in [0.25, 0.3) is 44.2 Å². The van der Waals surface area contributed by atoms with Gasteiger partial charge in [-0.05, 0) is 143 Å². The predicted molar refractivity (Wildman–Crippen MR) is 322 cm³/mol. The maximum absolute atomic E-state index is 4.00. The summed E-state index contributed by atoms with van der Waals surface area (Å²) in [4.78, 5) is 2.43. The van der Waals surface area contributed by atoms with E-state index in [9.17, 15) is 0 Å². The summed E-state index contributed by atoms with van der Waals surface area (Å²) in [5.74, 6) is 0.0890. The maximum Gasteiger partial charge on any atom is 0.0583 e. The van der Waals surface area contributed by atoms with Gasteiger partial charge >= 0.3 is 0 Å². The van der Waals surface area contributed by atoms with Crippen molar-refractivity contribution in [2.24, 2.45) is 0 Å². The van der Waals surface area contributed by atoms with Gasteiger partial charge in [0.2, 0.25) is 0 Å². The van der Waals surface area contributed by atoms with Crippen molar-refractivity contribution in [2.45, 2.75) is 90.5 Å². The van der Waals surface area contributed by atoms with E-state index in [-0.39, 0.29) is 28.2 Å². The molecule has 8 aromatic carbocycles. The fraction of sp³-hybridized carbons (Fsp3) is 0.194. The second-order valence-electron chi connectivity index (χ2n) is 22.4. The number of fused-ring (bicyclic) bond motifs is 4. The molecule has 3 heterocycles. The minimum atomic E-state index is -0.242. The van der Waals surface area contributed by atoms with E-state index in [0.29, 0.717) is 0 Å². The smallest absolute Gasteiger partial charge is 0.0583 e. The quantitative estimate of drug-likeness (QED) is 0.121. The van der Waals surface area contributed by atoms with Crippen LogP contribution in [0.5, 0.6) is 0 Å². The first-order valence-corrected chi connectivity index (χ1v) is 26.5. The number of hydrogen-bond acceptors (Lipinski definition) is 2. The van der Waals surface area contributed by atoms with Gasteiger partial charge in [-0.15, -0.1) is 12.8 Å². The molecule has 2 aliphatic heterocycles. The van der Waals surface area contributed by atoms with Gasteiger partial charge in [0.05, 0.1) is 22.8 Å². The largest absolute Gasteiger partial charge is 0.378 e. The maximum atomic E-state index is 4.00. The number of allylic oxidation sites excluding steroid dienone is 6. The van der Waals surface area contributed by atoms with Crippen molar-refractivity contribution in [3.63, 3.8) is 0 Å². The van der Waals surface area contributed by atoms with Gasteiger partial charge in [0.1, 0.15) is 0 Å². The van der Waals surface area contributed by atoms with Gasteiger partial charge in [0.15, 0.2) is 0 Å². The molecule has 2 atom stereocenters. The highest BCUT2D eigenvalue weighted by molar-refractivity contribution is 6.16. The van der Waals surface area contributed by atoms with E-state index in [1.54, 1.807) is 0 Å². The molecular weight excluding hydrogens is 907 g/mol. The van der Waals surface area contributed by atoms with Crippen molar-refractivity contribution in [1.82, 2.24) is 4.57 Å². The Labute approximate surface area is 445 Å². The summed E-state index contributed by atoms with van der Waals surface area (Å²) < 4.78 is 2.65.